The van der Waals surface area contributed by atoms with E-state index < -0.39 is 8.53 Å². The van der Waals surface area contributed by atoms with E-state index in [1.54, 1.807) is 5.57 Å². The van der Waals surface area contributed by atoms with Gasteiger partial charge in [-0.05, 0) is 132 Å². The molecular weight excluding hydrogens is 704 g/mol. The van der Waals surface area contributed by atoms with Gasteiger partial charge in [-0.25, -0.2) is 4.67 Å². The Morgan fingerprint density at radius 1 is 1.05 bits per heavy atom. The molecule has 9 heteroatoms. The molecule has 5 aliphatic rings. The summed E-state index contributed by atoms with van der Waals surface area (Å²) in [5.41, 5.74) is 3.55. The summed E-state index contributed by atoms with van der Waals surface area (Å²) >= 11 is 0. The summed E-state index contributed by atoms with van der Waals surface area (Å²) in [6.45, 7) is 24.5. The summed E-state index contributed by atoms with van der Waals surface area (Å²) < 4.78 is 15.0. The first-order valence-electron chi connectivity index (χ1n) is 22.1. The van der Waals surface area contributed by atoms with Crippen molar-refractivity contribution >= 4 is 20.1 Å². The minimum atomic E-state index is -1.34. The number of allylic oxidation sites excluding steroid dienone is 2. The fraction of sp³-hybridized carbons (Fsp3) is 0.891. The molecule has 0 bridgehead atoms. The highest BCUT2D eigenvalue weighted by Crippen LogP contribution is 2.67. The molecule has 4 unspecified atom stereocenters. The molecule has 0 aromatic carbocycles. The number of oxime groups is 1. The van der Waals surface area contributed by atoms with Crippen molar-refractivity contribution in [2.45, 2.75) is 197 Å². The van der Waals surface area contributed by atoms with Crippen molar-refractivity contribution in [3.63, 3.8) is 0 Å². The lowest BCUT2D eigenvalue weighted by atomic mass is 9.47. The third-order valence-corrected chi connectivity index (χ3v) is 17.0. The van der Waals surface area contributed by atoms with Gasteiger partial charge in [-0.15, -0.1) is 0 Å². The van der Waals surface area contributed by atoms with Gasteiger partial charge in [-0.3, -0.25) is 4.79 Å². The molecule has 1 amide bonds. The molecular formula is C46H81N4O4P. The summed E-state index contributed by atoms with van der Waals surface area (Å²) in [7, 11) is -1.34. The number of fused-ring (bicyclic) bond motifs is 5. The fourth-order valence-corrected chi connectivity index (χ4v) is 13.8. The van der Waals surface area contributed by atoms with Crippen molar-refractivity contribution in [3.8, 4) is 6.07 Å². The summed E-state index contributed by atoms with van der Waals surface area (Å²) in [6.07, 6.45) is 19.0. The van der Waals surface area contributed by atoms with Crippen molar-refractivity contribution < 1.29 is 18.7 Å². The van der Waals surface area contributed by atoms with Crippen LogP contribution in [-0.4, -0.2) is 65.2 Å². The van der Waals surface area contributed by atoms with Gasteiger partial charge in [-0.2, -0.15) is 5.26 Å². The Bertz CT molecular complexity index is 1340. The molecule has 3 saturated carbocycles. The first-order chi connectivity index (χ1) is 25.7. The predicted molar refractivity (Wildman–Crippen MR) is 228 cm³/mol. The van der Waals surface area contributed by atoms with Crippen LogP contribution in [0.5, 0.6) is 0 Å². The molecule has 0 N–H and O–H groups in total. The van der Waals surface area contributed by atoms with Gasteiger partial charge in [0.15, 0.2) is 0 Å². The third kappa shape index (κ3) is 10.6. The number of carbonyl (C=O) groups is 1. The minimum absolute atomic E-state index is 0. The van der Waals surface area contributed by atoms with Crippen LogP contribution in [-0.2, 0) is 18.7 Å². The number of nitriles is 1. The molecule has 1 saturated heterocycles. The summed E-state index contributed by atoms with van der Waals surface area (Å²) in [5.74, 6) is 5.18. The van der Waals surface area contributed by atoms with Crippen LogP contribution in [0, 0.1) is 57.7 Å². The van der Waals surface area contributed by atoms with Crippen LogP contribution in [0.1, 0.15) is 173 Å². The third-order valence-electron chi connectivity index (χ3n) is 14.8. The monoisotopic (exact) mass is 785 g/mol. The van der Waals surface area contributed by atoms with Gasteiger partial charge in [0.1, 0.15) is 6.61 Å². The van der Waals surface area contributed by atoms with Crippen LogP contribution in [0.2, 0.25) is 0 Å². The zero-order valence-electron chi connectivity index (χ0n) is 35.9. The fourth-order valence-electron chi connectivity index (χ4n) is 12.1. The van der Waals surface area contributed by atoms with E-state index in [4.69, 9.17) is 19.1 Å². The molecule has 1 heterocycles. The highest BCUT2D eigenvalue weighted by atomic mass is 31.2. The number of hydrogen-bond donors (Lipinski definition) is 0. The Kier molecular flexibility index (Phi) is 17.2. The second kappa shape index (κ2) is 20.4. The number of likely N-dealkylation sites (tertiary alicyclic amines) is 1. The van der Waals surface area contributed by atoms with E-state index in [0.29, 0.717) is 38.0 Å². The van der Waals surface area contributed by atoms with Crippen molar-refractivity contribution in [2.24, 2.45) is 51.5 Å². The average molecular weight is 785 g/mol. The highest BCUT2D eigenvalue weighted by Gasteiger charge is 2.59. The van der Waals surface area contributed by atoms with Crippen LogP contribution >= 0.6 is 8.53 Å². The van der Waals surface area contributed by atoms with Gasteiger partial charge in [0, 0.05) is 31.1 Å². The van der Waals surface area contributed by atoms with Gasteiger partial charge in [0.05, 0.1) is 37.3 Å². The van der Waals surface area contributed by atoms with Crippen molar-refractivity contribution in [2.75, 3.05) is 19.8 Å². The molecule has 8 nitrogen and oxygen atoms in total. The number of carbonyl (C=O) groups excluding carboxylic acids is 1. The maximum atomic E-state index is 13.5. The average Bonchev–Trinajstić information content (AvgIpc) is 3.70. The normalized spacial score (nSPS) is 33.6. The van der Waals surface area contributed by atoms with Crippen LogP contribution in [0.3, 0.4) is 0 Å². The quantitative estimate of drug-likeness (QED) is 0.0595. The maximum absolute atomic E-state index is 13.5. The Hall–Kier alpha value is -1.52. The second-order valence-electron chi connectivity index (χ2n) is 19.3. The molecule has 1 aliphatic heterocycles. The molecule has 10 atom stereocenters. The Balaban J connectivity index is 0.00000673. The van der Waals surface area contributed by atoms with Crippen LogP contribution in [0.15, 0.2) is 16.8 Å². The smallest absolute Gasteiger partial charge is 0.259 e. The highest BCUT2D eigenvalue weighted by molar-refractivity contribution is 7.44. The van der Waals surface area contributed by atoms with Crippen LogP contribution < -0.4 is 0 Å². The van der Waals surface area contributed by atoms with E-state index in [9.17, 15) is 4.79 Å². The van der Waals surface area contributed by atoms with E-state index in [2.05, 4.69) is 91.2 Å². The lowest BCUT2D eigenvalue weighted by Crippen LogP contribution is -2.50. The van der Waals surface area contributed by atoms with Gasteiger partial charge < -0.3 is 18.8 Å². The summed E-state index contributed by atoms with van der Waals surface area (Å²) in [5, 5.41) is 13.7. The first-order valence-corrected chi connectivity index (χ1v) is 23.3. The van der Waals surface area contributed by atoms with Crippen LogP contribution in [0.25, 0.3) is 0 Å². The Labute approximate surface area is 338 Å². The molecule has 0 spiro atoms. The van der Waals surface area contributed by atoms with Crippen LogP contribution in [0.4, 0.5) is 0 Å². The zero-order valence-corrected chi connectivity index (χ0v) is 36.8. The van der Waals surface area contributed by atoms with E-state index in [1.807, 2.05) is 4.90 Å². The van der Waals surface area contributed by atoms with E-state index in [-0.39, 0.29) is 43.0 Å². The van der Waals surface area contributed by atoms with E-state index in [1.165, 1.54) is 57.8 Å². The molecule has 0 radical (unpaired) electrons. The molecule has 5 rings (SSSR count). The van der Waals surface area contributed by atoms with Crippen molar-refractivity contribution in [1.82, 2.24) is 9.57 Å². The van der Waals surface area contributed by atoms with Gasteiger partial charge in [-0.1, -0.05) is 85.0 Å². The van der Waals surface area contributed by atoms with Gasteiger partial charge in [0.25, 0.3) is 8.53 Å². The largest absolute Gasteiger partial charge is 0.395 e. The second-order valence-corrected chi connectivity index (χ2v) is 20.7. The molecule has 4 aliphatic carbocycles. The van der Waals surface area contributed by atoms with Gasteiger partial charge in [0.2, 0.25) is 5.91 Å². The van der Waals surface area contributed by atoms with Gasteiger partial charge >= 0.3 is 0 Å². The lowest BCUT2D eigenvalue weighted by molar-refractivity contribution is -0.133. The molecule has 0 aromatic heterocycles. The minimum Gasteiger partial charge on any atom is -0.395 e. The maximum Gasteiger partial charge on any atom is 0.259 e. The van der Waals surface area contributed by atoms with Crippen molar-refractivity contribution in [1.29, 1.82) is 5.26 Å². The van der Waals surface area contributed by atoms with E-state index in [0.717, 1.165) is 66.9 Å². The SMILES string of the molecule is C.CC[C@@H]1C[C@@H](OP(OCCC#N)N(C(C)C)C(C)C)CN1C(=O)CCO/N=C1\CC[C@@]2(C)C(=CCC3C2CC[C@@]2(C)C3CC[C@@H]2[C@H](C)CCCC(C)C)C1. The Morgan fingerprint density at radius 3 is 2.47 bits per heavy atom. The lowest BCUT2D eigenvalue weighted by Gasteiger charge is -2.58. The summed E-state index contributed by atoms with van der Waals surface area (Å²) in [4.78, 5) is 21.4. The Morgan fingerprint density at radius 2 is 1.80 bits per heavy atom. The number of rotatable bonds is 18. The number of hydrogen-bond acceptors (Lipinski definition) is 7. The molecule has 314 valence electrons. The molecule has 4 fully saturated rings. The van der Waals surface area contributed by atoms with E-state index >= 15 is 0 Å². The standard InChI is InChI=1S/C45H77N4O4P.CH4/c1-11-37-29-38(53-54(52-26-13-25-46)49(32(4)5)33(6)7)30-48(37)43(50)22-27-51-47-36-20-23-44(9)35(28-36)16-17-39-41-19-18-40(34(8)15-12-14-31(2)3)45(41,10)24-21-42(39)44;/h16,31-34,37-42H,11-15,17-24,26-30H2,1-10H3;1H4/b47-36+;/t34-,37-,38-,39?,40-,41?,42?,44+,45-,54?;/m1./s1. The molecule has 0 aromatic rings. The first kappa shape index (κ1) is 46.2. The topological polar surface area (TPSA) is 87.4 Å². The zero-order chi connectivity index (χ0) is 39.2. The van der Waals surface area contributed by atoms with Crippen molar-refractivity contribution in [3.05, 3.63) is 11.6 Å². The predicted octanol–water partition coefficient (Wildman–Crippen LogP) is 12.1. The summed E-state index contributed by atoms with van der Waals surface area (Å²) in [6, 6.07) is 2.79. The number of amides is 1. The number of nitrogens with zero attached hydrogens (tertiary/aromatic N) is 4. The molecule has 55 heavy (non-hydrogen) atoms.